The summed E-state index contributed by atoms with van der Waals surface area (Å²) >= 11 is 1.29. The van der Waals surface area contributed by atoms with E-state index in [-0.39, 0.29) is 5.75 Å². The van der Waals surface area contributed by atoms with Crippen molar-refractivity contribution in [3.05, 3.63) is 59.2 Å². The molecule has 0 spiro atoms. The van der Waals surface area contributed by atoms with Crippen LogP contribution < -0.4 is 4.74 Å². The lowest BCUT2D eigenvalue weighted by Gasteiger charge is -2.34. The largest absolute Gasteiger partial charge is 0.497 e. The van der Waals surface area contributed by atoms with Gasteiger partial charge in [0.15, 0.2) is 5.78 Å². The number of carbonyl (C=O) groups excluding carboxylic acids is 2. The normalized spacial score (nSPS) is 18.9. The van der Waals surface area contributed by atoms with Gasteiger partial charge in [0.1, 0.15) is 17.8 Å². The Hall–Kier alpha value is -2.52. The molecule has 1 atom stereocenters. The maximum atomic E-state index is 13.1. The third-order valence-corrected chi connectivity index (χ3v) is 6.02. The average Bonchev–Trinajstić information content (AvgIpc) is 2.72. The fourth-order valence-electron chi connectivity index (χ4n) is 2.97. The van der Waals surface area contributed by atoms with E-state index in [1.807, 2.05) is 0 Å². The van der Waals surface area contributed by atoms with Crippen molar-refractivity contribution in [2.75, 3.05) is 26.1 Å². The molecule has 0 bridgehead atoms. The van der Waals surface area contributed by atoms with Gasteiger partial charge in [-0.15, -0.1) is 11.8 Å². The molecule has 0 fully saturated rings. The van der Waals surface area contributed by atoms with Crippen LogP contribution in [0.2, 0.25) is 0 Å². The number of hydrogen-bond acceptors (Lipinski definition) is 6. The molecular weight excluding hydrogens is 409 g/mol. The molecule has 1 heterocycles. The van der Waals surface area contributed by atoms with Gasteiger partial charge in [-0.3, -0.25) is 4.79 Å². The Labute approximate surface area is 168 Å². The van der Waals surface area contributed by atoms with E-state index in [0.717, 1.165) is 12.1 Å². The number of hydrogen-bond donors (Lipinski definition) is 1. The highest BCUT2D eigenvalue weighted by molar-refractivity contribution is 7.99. The minimum Gasteiger partial charge on any atom is -0.497 e. The van der Waals surface area contributed by atoms with Gasteiger partial charge in [-0.2, -0.15) is 13.2 Å². The molecule has 0 aromatic heterocycles. The van der Waals surface area contributed by atoms with E-state index in [9.17, 15) is 27.9 Å². The van der Waals surface area contributed by atoms with Gasteiger partial charge in [0.05, 0.1) is 24.8 Å². The van der Waals surface area contributed by atoms with Gasteiger partial charge in [-0.05, 0) is 30.3 Å². The van der Waals surface area contributed by atoms with E-state index in [1.54, 1.807) is 12.1 Å². The molecule has 154 valence electrons. The van der Waals surface area contributed by atoms with Crippen LogP contribution in [0.15, 0.2) is 47.4 Å². The maximum absolute atomic E-state index is 13.1. The van der Waals surface area contributed by atoms with E-state index in [2.05, 4.69) is 0 Å². The van der Waals surface area contributed by atoms with Crippen molar-refractivity contribution in [1.29, 1.82) is 0 Å². The first-order valence-electron chi connectivity index (χ1n) is 8.52. The van der Waals surface area contributed by atoms with Crippen molar-refractivity contribution in [3.63, 3.8) is 0 Å². The van der Waals surface area contributed by atoms with Crippen molar-refractivity contribution >= 4 is 23.5 Å². The zero-order chi connectivity index (χ0) is 21.2. The van der Waals surface area contributed by atoms with Crippen molar-refractivity contribution in [3.8, 4) is 5.75 Å². The Morgan fingerprint density at radius 3 is 2.62 bits per heavy atom. The first kappa shape index (κ1) is 21.2. The Morgan fingerprint density at radius 2 is 1.97 bits per heavy atom. The molecule has 0 amide bonds. The Balaban J connectivity index is 1.84. The lowest BCUT2D eigenvalue weighted by Crippen LogP contribution is -2.44. The molecule has 0 aliphatic carbocycles. The van der Waals surface area contributed by atoms with Crippen molar-refractivity contribution in [1.82, 2.24) is 0 Å². The number of thioether (sulfide) groups is 1. The van der Waals surface area contributed by atoms with Gasteiger partial charge in [0, 0.05) is 16.2 Å². The Morgan fingerprint density at radius 1 is 1.24 bits per heavy atom. The van der Waals surface area contributed by atoms with E-state index < -0.39 is 47.7 Å². The number of halogens is 3. The van der Waals surface area contributed by atoms with Crippen LogP contribution in [0.4, 0.5) is 13.2 Å². The van der Waals surface area contributed by atoms with Gasteiger partial charge in [0.25, 0.3) is 0 Å². The molecule has 2 aromatic carbocycles. The summed E-state index contributed by atoms with van der Waals surface area (Å²) in [6.45, 7) is -1.17. The molecule has 9 heteroatoms. The second-order valence-corrected chi connectivity index (χ2v) is 7.55. The zero-order valence-electron chi connectivity index (χ0n) is 15.3. The van der Waals surface area contributed by atoms with Gasteiger partial charge >= 0.3 is 12.1 Å². The molecule has 0 radical (unpaired) electrons. The second-order valence-electron chi connectivity index (χ2n) is 6.54. The standard InChI is InChI=1S/C20H17F3O5S/c1-27-12-6-7-16-14(8-12)17(25)19(9-24,11-29-16)10-28-18(26)13-4-2-3-5-15(13)20(21,22)23/h2-8,24H,9-11H2,1H3. The minimum atomic E-state index is -4.73. The second kappa shape index (κ2) is 8.08. The number of fused-ring (bicyclic) bond motifs is 1. The monoisotopic (exact) mass is 426 g/mol. The van der Waals surface area contributed by atoms with Crippen LogP contribution in [-0.2, 0) is 10.9 Å². The summed E-state index contributed by atoms with van der Waals surface area (Å²) in [4.78, 5) is 26.0. The Bertz CT molecular complexity index is 944. The predicted molar refractivity (Wildman–Crippen MR) is 99.3 cm³/mol. The number of alkyl halides is 3. The number of aliphatic hydroxyl groups is 1. The smallest absolute Gasteiger partial charge is 0.417 e. The Kier molecular flexibility index (Phi) is 5.90. The van der Waals surface area contributed by atoms with Gasteiger partial charge < -0.3 is 14.6 Å². The average molecular weight is 426 g/mol. The van der Waals surface area contributed by atoms with Crippen molar-refractivity contribution in [2.24, 2.45) is 5.41 Å². The molecule has 1 N–H and O–H groups in total. The van der Waals surface area contributed by atoms with Crippen LogP contribution in [0, 0.1) is 5.41 Å². The number of methoxy groups -OCH3 is 1. The van der Waals surface area contributed by atoms with Crippen molar-refractivity contribution in [2.45, 2.75) is 11.1 Å². The molecule has 1 aliphatic heterocycles. The number of carbonyl (C=O) groups is 2. The number of benzene rings is 2. The van der Waals surface area contributed by atoms with Crippen LogP contribution in [-0.4, -0.2) is 42.9 Å². The molecule has 29 heavy (non-hydrogen) atoms. The van der Waals surface area contributed by atoms with Gasteiger partial charge in [-0.1, -0.05) is 12.1 Å². The first-order chi connectivity index (χ1) is 13.7. The number of esters is 1. The summed E-state index contributed by atoms with van der Waals surface area (Å²) in [5.41, 5.74) is -2.91. The van der Waals surface area contributed by atoms with Crippen LogP contribution in [0.5, 0.6) is 5.75 Å². The third-order valence-electron chi connectivity index (χ3n) is 4.65. The number of ether oxygens (including phenoxy) is 2. The zero-order valence-corrected chi connectivity index (χ0v) is 16.1. The highest BCUT2D eigenvalue weighted by Gasteiger charge is 2.45. The molecule has 0 saturated carbocycles. The first-order valence-corrected chi connectivity index (χ1v) is 9.50. The lowest BCUT2D eigenvalue weighted by molar-refractivity contribution is -0.138. The minimum absolute atomic E-state index is 0.121. The maximum Gasteiger partial charge on any atom is 0.417 e. The van der Waals surface area contributed by atoms with Crippen LogP contribution in [0.1, 0.15) is 26.3 Å². The molecule has 3 rings (SSSR count). The summed E-state index contributed by atoms with van der Waals surface area (Å²) in [5, 5.41) is 9.89. The predicted octanol–water partition coefficient (Wildman–Crippen LogP) is 3.84. The quantitative estimate of drug-likeness (QED) is 0.733. The summed E-state index contributed by atoms with van der Waals surface area (Å²) in [6.07, 6.45) is -4.73. The van der Waals surface area contributed by atoms with Crippen LogP contribution in [0.3, 0.4) is 0 Å². The summed E-state index contributed by atoms with van der Waals surface area (Å²) in [6, 6.07) is 9.17. The van der Waals surface area contributed by atoms with Crippen LogP contribution in [0.25, 0.3) is 0 Å². The fraction of sp³-hybridized carbons (Fsp3) is 0.300. The van der Waals surface area contributed by atoms with E-state index in [4.69, 9.17) is 9.47 Å². The summed E-state index contributed by atoms with van der Waals surface area (Å²) in [5.74, 6) is -1.09. The molecular formula is C20H17F3O5S. The summed E-state index contributed by atoms with van der Waals surface area (Å²) < 4.78 is 49.6. The molecule has 5 nitrogen and oxygen atoms in total. The number of rotatable bonds is 5. The lowest BCUT2D eigenvalue weighted by atomic mass is 9.83. The molecule has 2 aromatic rings. The fourth-order valence-corrected chi connectivity index (χ4v) is 4.18. The molecule has 1 aliphatic rings. The van der Waals surface area contributed by atoms with Crippen LogP contribution >= 0.6 is 11.8 Å². The number of aliphatic hydroxyl groups excluding tert-OH is 1. The highest BCUT2D eigenvalue weighted by Crippen LogP contribution is 2.41. The molecule has 1 unspecified atom stereocenters. The van der Waals surface area contributed by atoms with Crippen molar-refractivity contribution < 1.29 is 37.3 Å². The van der Waals surface area contributed by atoms with Gasteiger partial charge in [0.2, 0.25) is 0 Å². The van der Waals surface area contributed by atoms with E-state index >= 15 is 0 Å². The summed E-state index contributed by atoms with van der Waals surface area (Å²) in [7, 11) is 1.45. The molecule has 0 saturated heterocycles. The number of ketones is 1. The highest BCUT2D eigenvalue weighted by atomic mass is 32.2. The van der Waals surface area contributed by atoms with Gasteiger partial charge in [-0.25, -0.2) is 4.79 Å². The topological polar surface area (TPSA) is 72.8 Å². The van der Waals surface area contributed by atoms with E-state index in [1.165, 1.54) is 37.1 Å². The number of Topliss-reactive ketones (excluding diaryl/α,β-unsaturated/α-hetero) is 1. The van der Waals surface area contributed by atoms with E-state index in [0.29, 0.717) is 16.2 Å². The third kappa shape index (κ3) is 4.11. The SMILES string of the molecule is COc1ccc2c(c1)C(=O)C(CO)(COC(=O)c1ccccc1C(F)(F)F)CS2.